The summed E-state index contributed by atoms with van der Waals surface area (Å²) in [5, 5.41) is 5.27. The number of aromatic nitrogens is 3. The van der Waals surface area contributed by atoms with Crippen molar-refractivity contribution in [3.63, 3.8) is 0 Å². The van der Waals surface area contributed by atoms with Gasteiger partial charge in [0, 0.05) is 10.9 Å². The van der Waals surface area contributed by atoms with Gasteiger partial charge >= 0.3 is 0 Å². The summed E-state index contributed by atoms with van der Waals surface area (Å²) in [6.45, 7) is 0. The summed E-state index contributed by atoms with van der Waals surface area (Å²) in [6.07, 6.45) is 5.41. The van der Waals surface area contributed by atoms with Crippen LogP contribution in [0.4, 0.5) is 5.69 Å². The molecule has 0 unspecified atom stereocenters. The van der Waals surface area contributed by atoms with Crippen molar-refractivity contribution in [1.29, 1.82) is 0 Å². The topological polar surface area (TPSA) is 43.1 Å². The Morgan fingerprint density at radius 3 is 2.78 bits per heavy atom. The fraction of sp³-hybridized carbons (Fsp3) is 0.250. The lowest BCUT2D eigenvalue weighted by Crippen LogP contribution is -2.14. The second-order valence-corrected chi connectivity index (χ2v) is 5.02. The van der Waals surface area contributed by atoms with E-state index in [9.17, 15) is 0 Å². The van der Waals surface area contributed by atoms with E-state index in [-0.39, 0.29) is 0 Å². The van der Waals surface area contributed by atoms with Gasteiger partial charge < -0.3 is 0 Å². The molecule has 1 saturated carbocycles. The zero-order valence-electron chi connectivity index (χ0n) is 9.42. The number of halogens is 2. The molecule has 0 saturated heterocycles. The van der Waals surface area contributed by atoms with E-state index in [0.717, 1.165) is 18.7 Å². The third-order valence-electron chi connectivity index (χ3n) is 2.74. The van der Waals surface area contributed by atoms with Crippen LogP contribution >= 0.6 is 23.2 Å². The van der Waals surface area contributed by atoms with Gasteiger partial charge in [-0.3, -0.25) is 0 Å². The molecular formula is C12H10Cl2N4. The van der Waals surface area contributed by atoms with Crippen molar-refractivity contribution >= 4 is 34.7 Å². The van der Waals surface area contributed by atoms with Crippen molar-refractivity contribution in [3.05, 3.63) is 40.9 Å². The molecule has 1 heterocycles. The Morgan fingerprint density at radius 1 is 1.33 bits per heavy atom. The number of benzene rings is 1. The molecule has 1 aliphatic carbocycles. The molecule has 1 aromatic carbocycles. The molecule has 92 valence electrons. The Bertz CT molecular complexity index is 588. The molecule has 3 rings (SSSR count). The van der Waals surface area contributed by atoms with Crippen molar-refractivity contribution in [2.24, 2.45) is 10.9 Å². The molecule has 0 radical (unpaired) electrons. The van der Waals surface area contributed by atoms with Gasteiger partial charge in [-0.05, 0) is 31.0 Å². The molecule has 1 aromatic heterocycles. The van der Waals surface area contributed by atoms with Crippen molar-refractivity contribution in [2.75, 3.05) is 0 Å². The molecule has 0 spiro atoms. The smallest absolute Gasteiger partial charge is 0.138 e. The molecule has 0 N–H and O–H groups in total. The lowest BCUT2D eigenvalue weighted by atomic mass is 10.3. The van der Waals surface area contributed by atoms with E-state index in [0.29, 0.717) is 21.7 Å². The Balaban J connectivity index is 2.02. The Hall–Kier alpha value is -1.39. The fourth-order valence-corrected chi connectivity index (χ4v) is 2.14. The molecule has 18 heavy (non-hydrogen) atoms. The fourth-order valence-electron chi connectivity index (χ4n) is 1.69. The SMILES string of the molecule is Clc1ccc(/N=C(\C2CC2)n2cncn2)c(Cl)c1. The van der Waals surface area contributed by atoms with Gasteiger partial charge in [-0.25, -0.2) is 14.7 Å². The minimum absolute atomic E-state index is 0.443. The zero-order valence-corrected chi connectivity index (χ0v) is 10.9. The molecule has 6 heteroatoms. The number of rotatable bonds is 2. The minimum atomic E-state index is 0.443. The normalized spacial score (nSPS) is 16.0. The van der Waals surface area contributed by atoms with Gasteiger partial charge in [-0.15, -0.1) is 0 Å². The molecule has 1 fully saturated rings. The van der Waals surface area contributed by atoms with E-state index in [1.165, 1.54) is 6.33 Å². The lowest BCUT2D eigenvalue weighted by Gasteiger charge is -2.05. The third kappa shape index (κ3) is 2.40. The van der Waals surface area contributed by atoms with Crippen LogP contribution in [-0.2, 0) is 0 Å². The predicted molar refractivity (Wildman–Crippen MR) is 71.7 cm³/mol. The van der Waals surface area contributed by atoms with Crippen LogP contribution < -0.4 is 0 Å². The van der Waals surface area contributed by atoms with Gasteiger partial charge in [0.2, 0.25) is 0 Å². The lowest BCUT2D eigenvalue weighted by molar-refractivity contribution is 0.882. The highest BCUT2D eigenvalue weighted by Gasteiger charge is 2.29. The molecule has 4 nitrogen and oxygen atoms in total. The highest BCUT2D eigenvalue weighted by Crippen LogP contribution is 2.34. The molecule has 0 amide bonds. The highest BCUT2D eigenvalue weighted by molar-refractivity contribution is 6.36. The summed E-state index contributed by atoms with van der Waals surface area (Å²) in [5.41, 5.74) is 0.707. The van der Waals surface area contributed by atoms with Crippen LogP contribution in [0, 0.1) is 5.92 Å². The van der Waals surface area contributed by atoms with Crippen LogP contribution in [0.15, 0.2) is 35.8 Å². The van der Waals surface area contributed by atoms with Crippen molar-refractivity contribution in [3.8, 4) is 0 Å². The second-order valence-electron chi connectivity index (χ2n) is 4.18. The second kappa shape index (κ2) is 4.71. The summed E-state index contributed by atoms with van der Waals surface area (Å²) in [7, 11) is 0. The highest BCUT2D eigenvalue weighted by atomic mass is 35.5. The summed E-state index contributed by atoms with van der Waals surface area (Å²) in [4.78, 5) is 8.54. The summed E-state index contributed by atoms with van der Waals surface area (Å²) >= 11 is 12.0. The van der Waals surface area contributed by atoms with Crippen LogP contribution in [0.3, 0.4) is 0 Å². The number of nitrogens with zero attached hydrogens (tertiary/aromatic N) is 4. The van der Waals surface area contributed by atoms with E-state index in [2.05, 4.69) is 15.1 Å². The Kier molecular flexibility index (Phi) is 3.06. The summed E-state index contributed by atoms with van der Waals surface area (Å²) < 4.78 is 1.70. The monoisotopic (exact) mass is 280 g/mol. The molecule has 0 aliphatic heterocycles. The van der Waals surface area contributed by atoms with E-state index >= 15 is 0 Å². The average molecular weight is 281 g/mol. The van der Waals surface area contributed by atoms with Crippen molar-refractivity contribution < 1.29 is 0 Å². The summed E-state index contributed by atoms with van der Waals surface area (Å²) in [5.74, 6) is 1.33. The van der Waals surface area contributed by atoms with Crippen LogP contribution in [0.25, 0.3) is 0 Å². The first-order chi connectivity index (χ1) is 8.74. The number of hydrogen-bond acceptors (Lipinski definition) is 3. The van der Waals surface area contributed by atoms with Crippen LogP contribution in [0.2, 0.25) is 10.0 Å². The average Bonchev–Trinajstić information content (AvgIpc) is 3.03. The Labute approximate surface area is 114 Å². The summed E-state index contributed by atoms with van der Waals surface area (Å²) in [6, 6.07) is 5.27. The zero-order chi connectivity index (χ0) is 12.5. The maximum Gasteiger partial charge on any atom is 0.138 e. The van der Waals surface area contributed by atoms with Gasteiger partial charge in [0.15, 0.2) is 0 Å². The van der Waals surface area contributed by atoms with Crippen LogP contribution in [0.1, 0.15) is 12.8 Å². The first-order valence-electron chi connectivity index (χ1n) is 5.62. The van der Waals surface area contributed by atoms with E-state index in [1.54, 1.807) is 23.1 Å². The predicted octanol–water partition coefficient (Wildman–Crippen LogP) is 3.57. The molecule has 0 bridgehead atoms. The minimum Gasteiger partial charge on any atom is -0.232 e. The van der Waals surface area contributed by atoms with E-state index < -0.39 is 0 Å². The van der Waals surface area contributed by atoms with Crippen LogP contribution in [-0.4, -0.2) is 20.6 Å². The van der Waals surface area contributed by atoms with Crippen molar-refractivity contribution in [1.82, 2.24) is 14.8 Å². The largest absolute Gasteiger partial charge is 0.232 e. The molecular weight excluding hydrogens is 271 g/mol. The van der Waals surface area contributed by atoms with Gasteiger partial charge in [0.25, 0.3) is 0 Å². The maximum atomic E-state index is 6.12. The van der Waals surface area contributed by atoms with Crippen molar-refractivity contribution in [2.45, 2.75) is 12.8 Å². The standard InChI is InChI=1S/C12H10Cl2N4/c13-9-3-4-11(10(14)5-9)17-12(8-1-2-8)18-7-15-6-16-18/h3-8H,1-2H2/b17-12+. The first kappa shape index (κ1) is 11.7. The quantitative estimate of drug-likeness (QED) is 0.623. The molecule has 2 aromatic rings. The molecule has 0 atom stereocenters. The van der Waals surface area contributed by atoms with E-state index in [4.69, 9.17) is 23.2 Å². The van der Waals surface area contributed by atoms with Gasteiger partial charge in [-0.2, -0.15) is 5.10 Å². The van der Waals surface area contributed by atoms with Gasteiger partial charge in [0.1, 0.15) is 18.5 Å². The number of aliphatic imine (C=N–C) groups is 1. The maximum absolute atomic E-state index is 6.12. The van der Waals surface area contributed by atoms with Gasteiger partial charge in [0.05, 0.1) is 10.7 Å². The number of hydrogen-bond donors (Lipinski definition) is 0. The molecule has 1 aliphatic rings. The first-order valence-corrected chi connectivity index (χ1v) is 6.38. The van der Waals surface area contributed by atoms with Crippen LogP contribution in [0.5, 0.6) is 0 Å². The van der Waals surface area contributed by atoms with E-state index in [1.807, 2.05) is 6.07 Å². The Morgan fingerprint density at radius 2 is 2.17 bits per heavy atom. The van der Waals surface area contributed by atoms with Gasteiger partial charge in [-0.1, -0.05) is 23.2 Å². The third-order valence-corrected chi connectivity index (χ3v) is 3.28.